The second-order valence-electron chi connectivity index (χ2n) is 7.98. The van der Waals surface area contributed by atoms with Gasteiger partial charge in [0.25, 0.3) is 12.4 Å². The van der Waals surface area contributed by atoms with E-state index < -0.39 is 18.5 Å². The van der Waals surface area contributed by atoms with Gasteiger partial charge in [0.2, 0.25) is 6.29 Å². The smallest absolute Gasteiger partial charge is 0.412 e. The van der Waals surface area contributed by atoms with Gasteiger partial charge in [0, 0.05) is 58.8 Å². The lowest BCUT2D eigenvalue weighted by atomic mass is 10.1. The van der Waals surface area contributed by atoms with Crippen LogP contribution in [0.4, 0.5) is 4.79 Å². The fraction of sp³-hybridized carbons (Fsp3) is 0.609. The third-order valence-electron chi connectivity index (χ3n) is 4.81. The summed E-state index contributed by atoms with van der Waals surface area (Å²) in [6.45, 7) is 8.90. The maximum atomic E-state index is 12.0. The Morgan fingerprint density at radius 1 is 1.15 bits per heavy atom. The molecule has 2 amide bonds. The molecule has 0 saturated carbocycles. The molecule has 1 fully saturated rings. The molecule has 33 heavy (non-hydrogen) atoms. The highest BCUT2D eigenvalue weighted by atomic mass is 16.7. The van der Waals surface area contributed by atoms with Crippen LogP contribution in [0, 0.1) is 5.92 Å². The van der Waals surface area contributed by atoms with E-state index in [1.807, 2.05) is 32.0 Å². The molecule has 1 saturated heterocycles. The molecule has 2 rings (SSSR count). The first kappa shape index (κ1) is 27.9. The Bertz CT molecular complexity index is 752. The Hall–Kier alpha value is -3.17. The summed E-state index contributed by atoms with van der Waals surface area (Å²) in [5.41, 5.74) is 0.898. The van der Waals surface area contributed by atoms with E-state index in [2.05, 4.69) is 9.72 Å². The van der Waals surface area contributed by atoms with Crippen LogP contribution in [0.2, 0.25) is 0 Å². The molecular formula is C23H35N3O7. The van der Waals surface area contributed by atoms with Crippen LogP contribution < -0.4 is 0 Å². The summed E-state index contributed by atoms with van der Waals surface area (Å²) in [5.74, 6) is -0.402. The predicted molar refractivity (Wildman–Crippen MR) is 120 cm³/mol. The SMILES string of the molecule is CC(=O)OC(C(=O)N1CCCC1)C(C)C.CC(OC=O)OC(=O)N(C)CCc1ccccn1. The Labute approximate surface area is 195 Å². The van der Waals surface area contributed by atoms with E-state index in [0.29, 0.717) is 13.0 Å². The molecule has 0 spiro atoms. The number of ether oxygens (including phenoxy) is 3. The van der Waals surface area contributed by atoms with Gasteiger partial charge in [-0.25, -0.2) is 4.79 Å². The summed E-state index contributed by atoms with van der Waals surface area (Å²) < 4.78 is 14.4. The zero-order chi connectivity index (χ0) is 24.8. The standard InChI is InChI=1S/C12H16N2O4.C11H19NO3/c1-10(17-9-15)18-12(16)14(2)8-6-11-5-3-4-7-13-11;1-8(2)10(15-9(3)13)11(14)12-6-4-5-7-12/h3-5,7,9-10H,6,8H2,1-2H3;8,10H,4-7H2,1-3H3. The quantitative estimate of drug-likeness (QED) is 0.310. The van der Waals surface area contributed by atoms with Crippen molar-refractivity contribution in [3.63, 3.8) is 0 Å². The van der Waals surface area contributed by atoms with Crippen molar-refractivity contribution in [2.75, 3.05) is 26.7 Å². The number of likely N-dealkylation sites (N-methyl/N-ethyl adjacent to an activating group) is 1. The van der Waals surface area contributed by atoms with Crippen molar-refractivity contribution in [2.45, 2.75) is 59.4 Å². The summed E-state index contributed by atoms with van der Waals surface area (Å²) in [5, 5.41) is 0. The lowest BCUT2D eigenvalue weighted by Gasteiger charge is -2.25. The summed E-state index contributed by atoms with van der Waals surface area (Å²) in [6.07, 6.45) is 2.41. The fourth-order valence-electron chi connectivity index (χ4n) is 3.03. The van der Waals surface area contributed by atoms with Crippen molar-refractivity contribution < 1.29 is 33.4 Å². The van der Waals surface area contributed by atoms with Gasteiger partial charge in [0.1, 0.15) is 0 Å². The molecule has 0 aromatic carbocycles. The summed E-state index contributed by atoms with van der Waals surface area (Å²) in [7, 11) is 1.61. The summed E-state index contributed by atoms with van der Waals surface area (Å²) in [4.78, 5) is 51.8. The molecule has 0 N–H and O–H groups in total. The van der Waals surface area contributed by atoms with Gasteiger partial charge in [0.15, 0.2) is 6.10 Å². The Balaban J connectivity index is 0.000000335. The van der Waals surface area contributed by atoms with Crippen molar-refractivity contribution in [3.05, 3.63) is 30.1 Å². The topological polar surface area (TPSA) is 115 Å². The van der Waals surface area contributed by atoms with Gasteiger partial charge in [-0.2, -0.15) is 0 Å². The zero-order valence-corrected chi connectivity index (χ0v) is 20.1. The third-order valence-corrected chi connectivity index (χ3v) is 4.81. The van der Waals surface area contributed by atoms with E-state index in [4.69, 9.17) is 9.47 Å². The Morgan fingerprint density at radius 3 is 2.33 bits per heavy atom. The minimum atomic E-state index is -0.882. The molecule has 10 nitrogen and oxygen atoms in total. The molecule has 1 aliphatic rings. The maximum absolute atomic E-state index is 12.0. The van der Waals surface area contributed by atoms with Crippen molar-refractivity contribution in [1.82, 2.24) is 14.8 Å². The summed E-state index contributed by atoms with van der Waals surface area (Å²) in [6, 6.07) is 5.61. The number of carbonyl (C=O) groups is 4. The second-order valence-corrected chi connectivity index (χ2v) is 7.98. The van der Waals surface area contributed by atoms with Crippen LogP contribution in [0.5, 0.6) is 0 Å². The van der Waals surface area contributed by atoms with Gasteiger partial charge >= 0.3 is 12.1 Å². The normalized spacial score (nSPS) is 14.4. The number of nitrogens with zero attached hydrogens (tertiary/aromatic N) is 3. The van der Waals surface area contributed by atoms with Crippen molar-refractivity contribution in [2.24, 2.45) is 5.92 Å². The van der Waals surface area contributed by atoms with Crippen LogP contribution in [-0.2, 0) is 35.0 Å². The average molecular weight is 466 g/mol. The van der Waals surface area contributed by atoms with Gasteiger partial charge in [-0.05, 0) is 30.9 Å². The predicted octanol–water partition coefficient (Wildman–Crippen LogP) is 2.41. The number of aromatic nitrogens is 1. The monoisotopic (exact) mass is 465 g/mol. The van der Waals surface area contributed by atoms with Crippen LogP contribution in [-0.4, -0.2) is 78.3 Å². The molecule has 2 heterocycles. The van der Waals surface area contributed by atoms with Crippen molar-refractivity contribution in [1.29, 1.82) is 0 Å². The molecule has 1 aromatic rings. The number of hydrogen-bond acceptors (Lipinski definition) is 8. The van der Waals surface area contributed by atoms with Gasteiger partial charge in [0.05, 0.1) is 0 Å². The minimum Gasteiger partial charge on any atom is -0.452 e. The van der Waals surface area contributed by atoms with Gasteiger partial charge in [-0.15, -0.1) is 0 Å². The number of amides is 2. The van der Waals surface area contributed by atoms with Crippen LogP contribution in [0.15, 0.2) is 24.4 Å². The summed E-state index contributed by atoms with van der Waals surface area (Å²) >= 11 is 0. The van der Waals surface area contributed by atoms with E-state index in [0.717, 1.165) is 31.6 Å². The zero-order valence-electron chi connectivity index (χ0n) is 20.1. The van der Waals surface area contributed by atoms with Gasteiger partial charge < -0.3 is 24.0 Å². The van der Waals surface area contributed by atoms with Crippen LogP contribution in [0.3, 0.4) is 0 Å². The lowest BCUT2D eigenvalue weighted by Crippen LogP contribution is -2.42. The van der Waals surface area contributed by atoms with Gasteiger partial charge in [-0.3, -0.25) is 19.4 Å². The molecular weight excluding hydrogens is 430 g/mol. The first-order valence-corrected chi connectivity index (χ1v) is 11.0. The first-order chi connectivity index (χ1) is 15.6. The highest BCUT2D eigenvalue weighted by Gasteiger charge is 2.30. The highest BCUT2D eigenvalue weighted by Crippen LogP contribution is 2.15. The van der Waals surface area contributed by atoms with Crippen LogP contribution in [0.1, 0.15) is 46.2 Å². The number of hydrogen-bond donors (Lipinski definition) is 0. The van der Waals surface area contributed by atoms with Crippen LogP contribution >= 0.6 is 0 Å². The van der Waals surface area contributed by atoms with E-state index in [1.54, 1.807) is 18.1 Å². The molecule has 184 valence electrons. The number of likely N-dealkylation sites (tertiary alicyclic amines) is 1. The van der Waals surface area contributed by atoms with E-state index >= 15 is 0 Å². The van der Waals surface area contributed by atoms with E-state index in [9.17, 15) is 19.2 Å². The minimum absolute atomic E-state index is 0.0296. The first-order valence-electron chi connectivity index (χ1n) is 11.0. The molecule has 2 atom stereocenters. The molecule has 1 aromatic heterocycles. The number of pyridine rings is 1. The molecule has 0 radical (unpaired) electrons. The Morgan fingerprint density at radius 2 is 1.82 bits per heavy atom. The molecule has 0 bridgehead atoms. The maximum Gasteiger partial charge on any atom is 0.412 e. The Kier molecular flexibility index (Phi) is 12.5. The van der Waals surface area contributed by atoms with Crippen LogP contribution in [0.25, 0.3) is 0 Å². The van der Waals surface area contributed by atoms with E-state index in [-0.39, 0.29) is 24.3 Å². The largest absolute Gasteiger partial charge is 0.452 e. The average Bonchev–Trinajstić information content (AvgIpc) is 3.31. The van der Waals surface area contributed by atoms with Crippen molar-refractivity contribution in [3.8, 4) is 0 Å². The second kappa shape index (κ2) is 14.8. The van der Waals surface area contributed by atoms with Crippen molar-refractivity contribution >= 4 is 24.4 Å². The number of esters is 1. The number of carbonyl (C=O) groups excluding carboxylic acids is 4. The van der Waals surface area contributed by atoms with Gasteiger partial charge in [-0.1, -0.05) is 19.9 Å². The van der Waals surface area contributed by atoms with E-state index in [1.165, 1.54) is 18.7 Å². The lowest BCUT2D eigenvalue weighted by molar-refractivity contribution is -0.161. The fourth-order valence-corrected chi connectivity index (χ4v) is 3.03. The molecule has 2 unspecified atom stereocenters. The highest BCUT2D eigenvalue weighted by molar-refractivity contribution is 5.83. The third kappa shape index (κ3) is 10.8. The number of rotatable bonds is 9. The molecule has 1 aliphatic heterocycles. The molecule has 0 aliphatic carbocycles. The molecule has 10 heteroatoms.